The van der Waals surface area contributed by atoms with Crippen molar-refractivity contribution in [2.75, 3.05) is 11.6 Å². The second kappa shape index (κ2) is 3.82. The molecule has 96 valence electrons. The van der Waals surface area contributed by atoms with Crippen molar-refractivity contribution in [3.63, 3.8) is 0 Å². The van der Waals surface area contributed by atoms with Crippen molar-refractivity contribution in [1.82, 2.24) is 14.9 Å². The van der Waals surface area contributed by atoms with Gasteiger partial charge in [-0.15, -0.1) is 10.2 Å². The minimum Gasteiger partial charge on any atom is -0.366 e. The lowest BCUT2D eigenvalue weighted by atomic mass is 10.1. The third-order valence-corrected chi connectivity index (χ3v) is 2.16. The molecule has 0 aliphatic carbocycles. The van der Waals surface area contributed by atoms with Gasteiger partial charge in [0.2, 0.25) is 11.8 Å². The number of rotatable bonds is 1. The van der Waals surface area contributed by atoms with E-state index in [1.165, 1.54) is 0 Å². The van der Waals surface area contributed by atoms with Crippen LogP contribution in [0.25, 0.3) is 11.4 Å². The Morgan fingerprint density at radius 3 is 1.61 bits per heavy atom. The summed E-state index contributed by atoms with van der Waals surface area (Å²) >= 11 is 0. The van der Waals surface area contributed by atoms with E-state index in [9.17, 15) is 22.0 Å². The summed E-state index contributed by atoms with van der Waals surface area (Å²) in [5.41, 5.74) is 3.85. The highest BCUT2D eigenvalue weighted by molar-refractivity contribution is 5.59. The quantitative estimate of drug-likeness (QED) is 0.348. The topological polar surface area (TPSA) is 82.8 Å². The third-order valence-electron chi connectivity index (χ3n) is 2.16. The molecule has 0 atom stereocenters. The summed E-state index contributed by atoms with van der Waals surface area (Å²) in [6.07, 6.45) is 0. The van der Waals surface area contributed by atoms with E-state index in [4.69, 9.17) is 11.6 Å². The zero-order valence-electron chi connectivity index (χ0n) is 8.39. The summed E-state index contributed by atoms with van der Waals surface area (Å²) in [7, 11) is 0. The van der Waals surface area contributed by atoms with Crippen LogP contribution < -0.4 is 11.6 Å². The van der Waals surface area contributed by atoms with Crippen molar-refractivity contribution in [1.29, 1.82) is 0 Å². The molecule has 1 aromatic carbocycles. The Morgan fingerprint density at radius 2 is 1.22 bits per heavy atom. The van der Waals surface area contributed by atoms with Gasteiger partial charge in [0.05, 0.1) is 5.56 Å². The van der Waals surface area contributed by atoms with Gasteiger partial charge in [0, 0.05) is 0 Å². The van der Waals surface area contributed by atoms with Crippen LogP contribution >= 0.6 is 0 Å². The molecule has 0 bridgehead atoms. The van der Waals surface area contributed by atoms with Crippen molar-refractivity contribution >= 4 is 5.95 Å². The van der Waals surface area contributed by atoms with Gasteiger partial charge in [-0.05, 0) is 0 Å². The molecule has 18 heavy (non-hydrogen) atoms. The van der Waals surface area contributed by atoms with Gasteiger partial charge in [-0.3, -0.25) is 0 Å². The van der Waals surface area contributed by atoms with Crippen LogP contribution in [0.15, 0.2) is 0 Å². The predicted octanol–water partition coefficient (Wildman–Crippen LogP) is 0.937. The molecule has 0 radical (unpaired) electrons. The monoisotopic (exact) mass is 265 g/mol. The molecule has 0 unspecified atom stereocenters. The summed E-state index contributed by atoms with van der Waals surface area (Å²) < 4.78 is 65.8. The number of halogens is 5. The second-order valence-electron chi connectivity index (χ2n) is 3.20. The van der Waals surface area contributed by atoms with Gasteiger partial charge < -0.3 is 11.6 Å². The minimum absolute atomic E-state index is 0.401. The molecule has 0 spiro atoms. The number of benzene rings is 1. The summed E-state index contributed by atoms with van der Waals surface area (Å²) in [5.74, 6) is -6.64. The molecule has 0 saturated carbocycles. The fourth-order valence-corrected chi connectivity index (χ4v) is 1.28. The van der Waals surface area contributed by atoms with E-state index in [0.717, 1.165) is 0 Å². The fourth-order valence-electron chi connectivity index (χ4n) is 1.28. The maximum Gasteiger partial charge on any atom is 0.241 e. The number of nitrogens with zero attached hydrogens (tertiary/aromatic N) is 3. The van der Waals surface area contributed by atoms with Gasteiger partial charge in [0.1, 0.15) is 0 Å². The Hall–Kier alpha value is -2.39. The minimum atomic E-state index is -2.27. The van der Waals surface area contributed by atoms with E-state index in [1.54, 1.807) is 0 Å². The van der Waals surface area contributed by atoms with E-state index in [2.05, 4.69) is 10.2 Å². The lowest BCUT2D eigenvalue weighted by Gasteiger charge is -2.07. The zero-order chi connectivity index (χ0) is 13.6. The SMILES string of the molecule is Nc1nnc(-c2c(F)c(F)c(F)c(F)c2F)n1N. The van der Waals surface area contributed by atoms with Crippen LogP contribution in [-0.4, -0.2) is 14.9 Å². The molecule has 0 aliphatic rings. The first-order valence-electron chi connectivity index (χ1n) is 4.34. The van der Waals surface area contributed by atoms with Crippen molar-refractivity contribution in [2.24, 2.45) is 0 Å². The number of nitrogens with two attached hydrogens (primary N) is 2. The van der Waals surface area contributed by atoms with Crippen molar-refractivity contribution in [2.45, 2.75) is 0 Å². The number of hydrogen-bond acceptors (Lipinski definition) is 4. The van der Waals surface area contributed by atoms with E-state index in [-0.39, 0.29) is 0 Å². The lowest BCUT2D eigenvalue weighted by molar-refractivity contribution is 0.380. The molecule has 0 saturated heterocycles. The number of nitrogen functional groups attached to an aromatic ring is 2. The maximum absolute atomic E-state index is 13.4. The molecule has 0 aliphatic heterocycles. The highest BCUT2D eigenvalue weighted by atomic mass is 19.2. The number of anilines is 1. The maximum atomic E-state index is 13.4. The summed E-state index contributed by atoms with van der Waals surface area (Å²) in [6, 6.07) is 0. The Kier molecular flexibility index (Phi) is 2.56. The second-order valence-corrected chi connectivity index (χ2v) is 3.20. The molecular formula is C8H4F5N5. The third kappa shape index (κ3) is 1.45. The molecule has 5 nitrogen and oxygen atoms in total. The zero-order valence-corrected chi connectivity index (χ0v) is 8.39. The first-order valence-corrected chi connectivity index (χ1v) is 4.34. The summed E-state index contributed by atoms with van der Waals surface area (Å²) in [6.45, 7) is 0. The van der Waals surface area contributed by atoms with Crippen molar-refractivity contribution < 1.29 is 22.0 Å². The Morgan fingerprint density at radius 1 is 0.778 bits per heavy atom. The van der Waals surface area contributed by atoms with Crippen LogP contribution in [0.2, 0.25) is 0 Å². The van der Waals surface area contributed by atoms with Gasteiger partial charge in [-0.25, -0.2) is 26.6 Å². The fraction of sp³-hybridized carbons (Fsp3) is 0. The average molecular weight is 265 g/mol. The van der Waals surface area contributed by atoms with Crippen LogP contribution in [0.1, 0.15) is 0 Å². The van der Waals surface area contributed by atoms with E-state index < -0.39 is 46.4 Å². The van der Waals surface area contributed by atoms with Gasteiger partial charge >= 0.3 is 0 Å². The summed E-state index contributed by atoms with van der Waals surface area (Å²) in [5, 5.41) is 6.30. The van der Waals surface area contributed by atoms with Gasteiger partial charge in [0.25, 0.3) is 0 Å². The van der Waals surface area contributed by atoms with Gasteiger partial charge in [0.15, 0.2) is 29.1 Å². The van der Waals surface area contributed by atoms with E-state index >= 15 is 0 Å². The summed E-state index contributed by atoms with van der Waals surface area (Å²) in [4.78, 5) is 0. The standard InChI is InChI=1S/C8H4F5N5/c9-2-1(7-16-17-8(14)18(7)15)3(10)5(12)6(13)4(2)11/h15H2,(H2,14,17). The van der Waals surface area contributed by atoms with Crippen LogP contribution in [0.3, 0.4) is 0 Å². The van der Waals surface area contributed by atoms with Crippen LogP contribution in [0, 0.1) is 29.1 Å². The lowest BCUT2D eigenvalue weighted by Crippen LogP contribution is -2.15. The number of aromatic nitrogens is 3. The van der Waals surface area contributed by atoms with E-state index in [1.807, 2.05) is 0 Å². The molecule has 4 N–H and O–H groups in total. The molecule has 1 heterocycles. The van der Waals surface area contributed by atoms with Gasteiger partial charge in [-0.2, -0.15) is 0 Å². The number of hydrogen-bond donors (Lipinski definition) is 2. The largest absolute Gasteiger partial charge is 0.366 e. The molecule has 0 fully saturated rings. The smallest absolute Gasteiger partial charge is 0.241 e. The Balaban J connectivity index is 2.84. The predicted molar refractivity (Wildman–Crippen MR) is 49.8 cm³/mol. The molecule has 0 amide bonds. The van der Waals surface area contributed by atoms with Gasteiger partial charge in [-0.1, -0.05) is 0 Å². The first-order chi connectivity index (χ1) is 8.36. The normalized spacial score (nSPS) is 10.9. The van der Waals surface area contributed by atoms with E-state index in [0.29, 0.717) is 4.68 Å². The van der Waals surface area contributed by atoms with Crippen molar-refractivity contribution in [3.8, 4) is 11.4 Å². The van der Waals surface area contributed by atoms with Crippen LogP contribution in [0.5, 0.6) is 0 Å². The highest BCUT2D eigenvalue weighted by Gasteiger charge is 2.29. The molecule has 2 rings (SSSR count). The molecule has 2 aromatic rings. The Bertz CT molecular complexity index is 608. The molecular weight excluding hydrogens is 261 g/mol. The molecule has 10 heteroatoms. The average Bonchev–Trinajstić information content (AvgIpc) is 2.66. The van der Waals surface area contributed by atoms with Crippen LogP contribution in [-0.2, 0) is 0 Å². The van der Waals surface area contributed by atoms with Crippen LogP contribution in [0.4, 0.5) is 27.9 Å². The highest BCUT2D eigenvalue weighted by Crippen LogP contribution is 2.30. The Labute approximate surface area is 95.8 Å². The molecule has 1 aromatic heterocycles. The van der Waals surface area contributed by atoms with Crippen molar-refractivity contribution in [3.05, 3.63) is 29.1 Å². The first kappa shape index (κ1) is 12.1.